The van der Waals surface area contributed by atoms with E-state index in [0.29, 0.717) is 0 Å². The summed E-state index contributed by atoms with van der Waals surface area (Å²) in [5, 5.41) is 5.67. The van der Waals surface area contributed by atoms with E-state index in [9.17, 15) is 0 Å². The summed E-state index contributed by atoms with van der Waals surface area (Å²) in [6.45, 7) is 15.7. The third-order valence-electron chi connectivity index (χ3n) is 12.2. The van der Waals surface area contributed by atoms with E-state index >= 15 is 0 Å². The molecule has 0 aliphatic heterocycles. The minimum absolute atomic E-state index is 0. The van der Waals surface area contributed by atoms with Crippen LogP contribution < -0.4 is 2.89 Å². The molecular formula is C51H52Br2S8Sn. The molecular weight excluding hydrogens is 1150 g/mol. The van der Waals surface area contributed by atoms with Crippen LogP contribution in [0.25, 0.3) is 69.6 Å². The van der Waals surface area contributed by atoms with Crippen LogP contribution in [-0.2, 0) is 25.7 Å². The Labute approximate surface area is 421 Å². The van der Waals surface area contributed by atoms with Gasteiger partial charge < -0.3 is 0 Å². The van der Waals surface area contributed by atoms with Crippen LogP contribution in [0.1, 0.15) is 68.0 Å². The molecule has 0 nitrogen and oxygen atoms in total. The zero-order valence-corrected chi connectivity index (χ0v) is 48.5. The molecule has 62 heavy (non-hydrogen) atoms. The predicted octanol–water partition coefficient (Wildman–Crippen LogP) is 20.5. The molecule has 0 fully saturated rings. The van der Waals surface area contributed by atoms with E-state index in [1.807, 2.05) is 79.4 Å². The van der Waals surface area contributed by atoms with Crippen molar-refractivity contribution in [1.29, 1.82) is 0 Å². The number of fused-ring (bicyclic) bond motifs is 10. The van der Waals surface area contributed by atoms with Crippen LogP contribution in [0, 0.1) is 48.5 Å². The Balaban J connectivity index is 0.000000135. The fourth-order valence-electron chi connectivity index (χ4n) is 9.00. The van der Waals surface area contributed by atoms with E-state index in [2.05, 4.69) is 155 Å². The maximum atomic E-state index is 3.58. The minimum Gasteiger partial charge on any atom is -0.140 e. The van der Waals surface area contributed by atoms with Gasteiger partial charge in [0.1, 0.15) is 0 Å². The molecule has 2 aliphatic carbocycles. The molecule has 0 amide bonds. The molecule has 2 aromatic carbocycles. The van der Waals surface area contributed by atoms with Crippen molar-refractivity contribution < 1.29 is 1.43 Å². The van der Waals surface area contributed by atoms with Gasteiger partial charge in [-0.1, -0.05) is 7.43 Å². The van der Waals surface area contributed by atoms with Crippen LogP contribution in [0.4, 0.5) is 0 Å². The first-order chi connectivity index (χ1) is 29.0. The van der Waals surface area contributed by atoms with Gasteiger partial charge in [-0.2, -0.15) is 0 Å². The van der Waals surface area contributed by atoms with E-state index in [1.165, 1.54) is 130 Å². The Morgan fingerprint density at radius 1 is 0.403 bits per heavy atom. The normalized spacial score (nSPS) is 13.1. The molecule has 0 saturated carbocycles. The second-order valence-corrected chi connectivity index (χ2v) is 44.8. The summed E-state index contributed by atoms with van der Waals surface area (Å²) < 4.78 is 9.91. The Morgan fingerprint density at radius 3 is 1.29 bits per heavy atom. The molecule has 10 aromatic rings. The van der Waals surface area contributed by atoms with Gasteiger partial charge in [-0.25, -0.2) is 0 Å². The minimum atomic E-state index is -1.87. The number of halogens is 2. The number of hydrogen-bond acceptors (Lipinski definition) is 8. The molecule has 0 N–H and O–H groups in total. The maximum absolute atomic E-state index is 3.58. The van der Waals surface area contributed by atoms with Crippen LogP contribution in [-0.4, -0.2) is 18.4 Å². The molecule has 0 bridgehead atoms. The van der Waals surface area contributed by atoms with Gasteiger partial charge >= 0.3 is 116 Å². The molecule has 2 aliphatic rings. The Hall–Kier alpha value is -1.16. The maximum Gasteiger partial charge on any atom is 0.0484 e. The molecule has 0 saturated heterocycles. The van der Waals surface area contributed by atoms with Crippen LogP contribution in [0.2, 0.25) is 14.8 Å². The molecule has 0 unspecified atom stereocenters. The summed E-state index contributed by atoms with van der Waals surface area (Å²) in [5.41, 5.74) is 12.0. The van der Waals surface area contributed by atoms with Crippen molar-refractivity contribution in [2.75, 3.05) is 0 Å². The number of hydrogen-bond donors (Lipinski definition) is 0. The molecule has 12 rings (SSSR count). The summed E-state index contributed by atoms with van der Waals surface area (Å²) in [4.78, 5) is 21.0. The summed E-state index contributed by atoms with van der Waals surface area (Å²) in [6, 6.07) is 19.1. The van der Waals surface area contributed by atoms with E-state index in [0.717, 1.165) is 0 Å². The first-order valence-corrected chi connectivity index (χ1v) is 38.8. The molecule has 8 aromatic heterocycles. The molecule has 0 spiro atoms. The van der Waals surface area contributed by atoms with Crippen molar-refractivity contribution in [3.05, 3.63) is 115 Å². The topological polar surface area (TPSA) is 0 Å². The monoisotopic (exact) mass is 1200 g/mol. The predicted molar refractivity (Wildman–Crippen MR) is 304 cm³/mol. The SMILES string of the molecule is C.Cc1c2cc(Br)sc2c(C)c2cc(Br)sc12.Cc1cc2c(s1)-c1s[c]([Sn]([CH3])([CH3])[CH3])cc1CC2.Cc1cc2c(s1)-c1sc(-c3cc4c(C)c5sc(C)cc5c(C)c4s3)cc1CC2.[2HH]. The standard InChI is InChI=1S/C24H20S4.C12H8Br2S2.C11H9S2.CH4.3CH3.Sn.H2/c1-11-7-15-5-6-16-9-19(28-24(16)23(15)26-11)20-10-18-14(4)21-17(8-12(2)25-21)13(3)22(18)27-20;1-5-7-3-9(13)16-12(7)6(2)8-4-10(14)15-11(5)8;1-7-6-9-3-2-8-4-5-12-10(8)11(9)13-7;;;;;;/h7-10H,5-6H2,1-4H3;3-4H,1-2H3;4,6H,2-3H2,1H3;1H4;3*1H3;;1H/i;;;;;;;;1+1. The van der Waals surface area contributed by atoms with Gasteiger partial charge in [0, 0.05) is 49.5 Å². The smallest absolute Gasteiger partial charge is 0.0484 e. The Kier molecular flexibility index (Phi) is 13.0. The zero-order valence-electron chi connectivity index (χ0n) is 36.0. The average Bonchev–Trinajstić information content (AvgIpc) is 4.05. The van der Waals surface area contributed by atoms with Crippen molar-refractivity contribution in [3.8, 4) is 29.3 Å². The number of aryl methyl sites for hydroxylation is 11. The van der Waals surface area contributed by atoms with Gasteiger partial charge in [-0.05, 0) is 178 Å². The van der Waals surface area contributed by atoms with Gasteiger partial charge in [0.05, 0.1) is 7.57 Å². The van der Waals surface area contributed by atoms with Crippen molar-refractivity contribution in [2.45, 2.75) is 96.4 Å². The molecule has 322 valence electrons. The number of rotatable bonds is 2. The second kappa shape index (κ2) is 17.5. The molecule has 0 radical (unpaired) electrons. The number of benzene rings is 2. The second-order valence-electron chi connectivity index (χ2n) is 17.6. The molecule has 8 heterocycles. The third kappa shape index (κ3) is 8.21. The van der Waals surface area contributed by atoms with Crippen LogP contribution in [0.15, 0.2) is 56.1 Å². The van der Waals surface area contributed by atoms with Crippen molar-refractivity contribution in [2.24, 2.45) is 0 Å². The summed E-state index contributed by atoms with van der Waals surface area (Å²) >= 11 is 20.9. The van der Waals surface area contributed by atoms with Gasteiger partial charge in [0.25, 0.3) is 0 Å². The average molecular weight is 1200 g/mol. The van der Waals surface area contributed by atoms with E-state index in [-0.39, 0.29) is 8.85 Å². The first kappa shape index (κ1) is 46.0. The third-order valence-corrected chi connectivity index (χ3v) is 32.6. The van der Waals surface area contributed by atoms with Crippen LogP contribution in [0.3, 0.4) is 0 Å². The molecule has 0 atom stereocenters. The van der Waals surface area contributed by atoms with E-state index < -0.39 is 18.4 Å². The van der Waals surface area contributed by atoms with Crippen molar-refractivity contribution in [1.82, 2.24) is 0 Å². The number of thiophene rings is 8. The fourth-order valence-corrected chi connectivity index (χ4v) is 25.0. The van der Waals surface area contributed by atoms with Crippen LogP contribution >= 0.6 is 123 Å². The summed E-state index contributed by atoms with van der Waals surface area (Å²) in [7, 11) is 0. The van der Waals surface area contributed by atoms with Crippen molar-refractivity contribution >= 4 is 184 Å². The summed E-state index contributed by atoms with van der Waals surface area (Å²) in [5.74, 6) is 0. The largest absolute Gasteiger partial charge is 0.140 e. The van der Waals surface area contributed by atoms with Gasteiger partial charge in [0.15, 0.2) is 0 Å². The zero-order chi connectivity index (χ0) is 42.8. The first-order valence-electron chi connectivity index (χ1n) is 20.7. The van der Waals surface area contributed by atoms with Gasteiger partial charge in [-0.15, -0.1) is 68.0 Å². The Bertz CT molecular complexity index is 3190. The van der Waals surface area contributed by atoms with Crippen molar-refractivity contribution in [3.63, 3.8) is 0 Å². The molecule has 11 heteroatoms. The van der Waals surface area contributed by atoms with Gasteiger partial charge in [0.2, 0.25) is 0 Å². The summed E-state index contributed by atoms with van der Waals surface area (Å²) in [6.07, 6.45) is 4.90. The van der Waals surface area contributed by atoms with E-state index in [4.69, 9.17) is 0 Å². The van der Waals surface area contributed by atoms with Gasteiger partial charge in [-0.3, -0.25) is 0 Å². The van der Waals surface area contributed by atoms with Crippen LogP contribution in [0.5, 0.6) is 0 Å². The Morgan fingerprint density at radius 2 is 0.774 bits per heavy atom. The van der Waals surface area contributed by atoms with E-state index in [1.54, 1.807) is 34.9 Å². The quantitative estimate of drug-likeness (QED) is 0.151. The fraction of sp³-hybridized carbons (Fsp3) is 0.294.